The number of carbonyl (C=O) groups excluding carboxylic acids is 2. The predicted octanol–water partition coefficient (Wildman–Crippen LogP) is 0.440. The Morgan fingerprint density at radius 2 is 2.46 bits per heavy atom. The normalized spacial score (nSPS) is 15.5. The van der Waals surface area contributed by atoms with Crippen LogP contribution in [0.25, 0.3) is 0 Å². The van der Waals surface area contributed by atoms with Crippen molar-refractivity contribution in [1.29, 1.82) is 0 Å². The van der Waals surface area contributed by atoms with E-state index >= 15 is 0 Å². The van der Waals surface area contributed by atoms with Crippen molar-refractivity contribution in [2.45, 2.75) is 19.8 Å². The number of amides is 1. The zero-order chi connectivity index (χ0) is 9.68. The quantitative estimate of drug-likeness (QED) is 0.641. The smallest absolute Gasteiger partial charge is 0.256 e. The summed E-state index contributed by atoms with van der Waals surface area (Å²) in [5.74, 6) is -0.479. The van der Waals surface area contributed by atoms with Crippen LogP contribution in [0.2, 0.25) is 0 Å². The van der Waals surface area contributed by atoms with E-state index in [2.05, 4.69) is 10.3 Å². The molecule has 1 N–H and O–H groups in total. The Labute approximate surface area is 76.7 Å². The fourth-order valence-corrected chi connectivity index (χ4v) is 0.964. The topological polar surface area (TPSA) is 58.5 Å². The lowest BCUT2D eigenvalue weighted by molar-refractivity contribution is -0.122. The summed E-state index contributed by atoms with van der Waals surface area (Å²) in [6.45, 7) is 2.54. The molecule has 4 nitrogen and oxygen atoms in total. The summed E-state index contributed by atoms with van der Waals surface area (Å²) in [5, 5.41) is 2.63. The van der Waals surface area contributed by atoms with Gasteiger partial charge in [0, 0.05) is 25.4 Å². The lowest BCUT2D eigenvalue weighted by Gasteiger charge is -2.07. The molecule has 70 valence electrons. The third kappa shape index (κ3) is 2.50. The molecule has 0 unspecified atom stereocenters. The maximum absolute atomic E-state index is 11.3. The molecule has 0 atom stereocenters. The van der Waals surface area contributed by atoms with Gasteiger partial charge >= 0.3 is 0 Å². The van der Waals surface area contributed by atoms with Crippen LogP contribution in [0, 0.1) is 0 Å². The number of nitrogens with one attached hydrogen (secondary N) is 1. The first-order valence-electron chi connectivity index (χ1n) is 4.29. The molecule has 0 radical (unpaired) electrons. The van der Waals surface area contributed by atoms with E-state index in [1.165, 1.54) is 12.4 Å². The Bertz CT molecular complexity index is 279. The Hall–Kier alpha value is -1.45. The number of Topliss-reactive ketones (excluding diaryl/α,β-unsaturated/α-hetero) is 1. The van der Waals surface area contributed by atoms with Crippen LogP contribution in [-0.2, 0) is 9.59 Å². The number of ketones is 1. The van der Waals surface area contributed by atoms with Crippen LogP contribution >= 0.6 is 0 Å². The zero-order valence-corrected chi connectivity index (χ0v) is 7.54. The van der Waals surface area contributed by atoms with E-state index in [0.29, 0.717) is 6.54 Å². The van der Waals surface area contributed by atoms with Gasteiger partial charge < -0.3 is 5.32 Å². The Morgan fingerprint density at radius 3 is 3.08 bits per heavy atom. The maximum Gasteiger partial charge on any atom is 0.256 e. The summed E-state index contributed by atoms with van der Waals surface area (Å²) < 4.78 is 0. The van der Waals surface area contributed by atoms with Gasteiger partial charge in [0.05, 0.1) is 0 Å². The Balaban J connectivity index is 2.59. The molecular formula is C9H12N2O2. The molecule has 0 aromatic heterocycles. The molecule has 4 heteroatoms. The predicted molar refractivity (Wildman–Crippen MR) is 49.5 cm³/mol. The molecule has 0 saturated heterocycles. The molecule has 1 rings (SSSR count). The maximum atomic E-state index is 11.3. The van der Waals surface area contributed by atoms with Crippen molar-refractivity contribution in [2.75, 3.05) is 6.54 Å². The van der Waals surface area contributed by atoms with Crippen molar-refractivity contribution in [2.24, 2.45) is 4.99 Å². The van der Waals surface area contributed by atoms with E-state index in [9.17, 15) is 9.59 Å². The number of hydrogen-bond acceptors (Lipinski definition) is 3. The van der Waals surface area contributed by atoms with Crippen LogP contribution in [0.1, 0.15) is 19.8 Å². The van der Waals surface area contributed by atoms with E-state index in [4.69, 9.17) is 0 Å². The third-order valence-corrected chi connectivity index (χ3v) is 1.67. The molecule has 0 aromatic rings. The molecule has 1 aliphatic heterocycles. The first-order chi connectivity index (χ1) is 6.25. The van der Waals surface area contributed by atoms with Crippen LogP contribution in [0.4, 0.5) is 0 Å². The Morgan fingerprint density at radius 1 is 1.69 bits per heavy atom. The third-order valence-electron chi connectivity index (χ3n) is 1.67. The number of hydrogen-bond donors (Lipinski definition) is 1. The summed E-state index contributed by atoms with van der Waals surface area (Å²) in [6.07, 6.45) is 3.90. The molecule has 0 fully saturated rings. The van der Waals surface area contributed by atoms with Crippen LogP contribution < -0.4 is 5.32 Å². The highest BCUT2D eigenvalue weighted by atomic mass is 16.2. The lowest BCUT2D eigenvalue weighted by Crippen LogP contribution is -2.29. The van der Waals surface area contributed by atoms with Gasteiger partial charge in [-0.1, -0.05) is 6.92 Å². The van der Waals surface area contributed by atoms with Crippen LogP contribution in [-0.4, -0.2) is 24.4 Å². The highest BCUT2D eigenvalue weighted by Crippen LogP contribution is 2.04. The number of rotatable bonds is 3. The SMILES string of the molecule is CCCNC(=O)C1=CN=CCC1=O. The summed E-state index contributed by atoms with van der Waals surface area (Å²) in [6, 6.07) is 0. The van der Waals surface area contributed by atoms with Crippen molar-refractivity contribution < 1.29 is 9.59 Å². The number of aliphatic imine (C=N–C) groups is 1. The molecule has 0 bridgehead atoms. The molecule has 0 spiro atoms. The number of nitrogens with zero attached hydrogens (tertiary/aromatic N) is 1. The fraction of sp³-hybridized carbons (Fsp3) is 0.444. The molecule has 1 heterocycles. The average Bonchev–Trinajstić information content (AvgIpc) is 2.15. The minimum absolute atomic E-state index is 0.163. The van der Waals surface area contributed by atoms with Gasteiger partial charge in [-0.2, -0.15) is 0 Å². The van der Waals surface area contributed by atoms with E-state index in [-0.39, 0.29) is 23.7 Å². The van der Waals surface area contributed by atoms with Gasteiger partial charge in [0.2, 0.25) is 0 Å². The highest BCUT2D eigenvalue weighted by molar-refractivity contribution is 6.22. The van der Waals surface area contributed by atoms with Crippen molar-refractivity contribution in [3.8, 4) is 0 Å². The van der Waals surface area contributed by atoms with Gasteiger partial charge in [-0.3, -0.25) is 14.6 Å². The molecule has 13 heavy (non-hydrogen) atoms. The van der Waals surface area contributed by atoms with Crippen molar-refractivity contribution in [1.82, 2.24) is 5.32 Å². The molecule has 1 amide bonds. The standard InChI is InChI=1S/C9H12N2O2/c1-2-4-11-9(13)7-6-10-5-3-8(7)12/h5-6H,2-4H2,1H3,(H,11,13). The van der Waals surface area contributed by atoms with Gasteiger partial charge in [0.25, 0.3) is 5.91 Å². The summed E-state index contributed by atoms with van der Waals surface area (Å²) in [4.78, 5) is 26.2. The molecule has 0 saturated carbocycles. The second kappa shape index (κ2) is 4.54. The van der Waals surface area contributed by atoms with Gasteiger partial charge in [0.15, 0.2) is 5.78 Å². The minimum Gasteiger partial charge on any atom is -0.352 e. The van der Waals surface area contributed by atoms with Gasteiger partial charge in [0.1, 0.15) is 5.57 Å². The molecule has 1 aliphatic rings. The molecular weight excluding hydrogens is 168 g/mol. The number of carbonyl (C=O) groups is 2. The van der Waals surface area contributed by atoms with E-state index < -0.39 is 0 Å². The van der Waals surface area contributed by atoms with E-state index in [0.717, 1.165) is 6.42 Å². The van der Waals surface area contributed by atoms with E-state index in [1.807, 2.05) is 6.92 Å². The van der Waals surface area contributed by atoms with Crippen LogP contribution in [0.15, 0.2) is 16.8 Å². The second-order valence-corrected chi connectivity index (χ2v) is 2.76. The van der Waals surface area contributed by atoms with Crippen molar-refractivity contribution in [3.63, 3.8) is 0 Å². The van der Waals surface area contributed by atoms with Crippen LogP contribution in [0.5, 0.6) is 0 Å². The first kappa shape index (κ1) is 9.64. The second-order valence-electron chi connectivity index (χ2n) is 2.76. The zero-order valence-electron chi connectivity index (χ0n) is 7.54. The van der Waals surface area contributed by atoms with Gasteiger partial charge in [-0.25, -0.2) is 0 Å². The largest absolute Gasteiger partial charge is 0.352 e. The van der Waals surface area contributed by atoms with Crippen molar-refractivity contribution in [3.05, 3.63) is 11.8 Å². The van der Waals surface area contributed by atoms with Gasteiger partial charge in [-0.15, -0.1) is 0 Å². The monoisotopic (exact) mass is 180 g/mol. The molecule has 0 aromatic carbocycles. The highest BCUT2D eigenvalue weighted by Gasteiger charge is 2.18. The molecule has 0 aliphatic carbocycles. The fourth-order valence-electron chi connectivity index (χ4n) is 0.964. The van der Waals surface area contributed by atoms with E-state index in [1.54, 1.807) is 0 Å². The minimum atomic E-state index is -0.316. The van der Waals surface area contributed by atoms with Crippen molar-refractivity contribution >= 4 is 17.9 Å². The Kier molecular flexibility index (Phi) is 3.37. The lowest BCUT2D eigenvalue weighted by atomic mass is 10.1. The summed E-state index contributed by atoms with van der Waals surface area (Å²) in [5.41, 5.74) is 0.163. The summed E-state index contributed by atoms with van der Waals surface area (Å²) >= 11 is 0. The van der Waals surface area contributed by atoms with Crippen LogP contribution in [0.3, 0.4) is 0 Å². The average molecular weight is 180 g/mol. The summed E-state index contributed by atoms with van der Waals surface area (Å²) in [7, 11) is 0. The first-order valence-corrected chi connectivity index (χ1v) is 4.29. The van der Waals surface area contributed by atoms with Gasteiger partial charge in [-0.05, 0) is 6.42 Å².